The van der Waals surface area contributed by atoms with Crippen molar-refractivity contribution in [1.29, 1.82) is 0 Å². The first-order chi connectivity index (χ1) is 8.50. The summed E-state index contributed by atoms with van der Waals surface area (Å²) in [6, 6.07) is 3.87. The van der Waals surface area contributed by atoms with Crippen molar-refractivity contribution in [2.75, 3.05) is 6.79 Å². The van der Waals surface area contributed by atoms with Crippen molar-refractivity contribution in [2.45, 2.75) is 32.7 Å². The molecule has 0 fully saturated rings. The average molecular weight is 247 g/mol. The largest absolute Gasteiger partial charge is 0.459 e. The molecule has 0 saturated carbocycles. The summed E-state index contributed by atoms with van der Waals surface area (Å²) >= 11 is 0. The van der Waals surface area contributed by atoms with Crippen LogP contribution in [-0.2, 0) is 12.0 Å². The SMILES string of the molecule is CC(C)(C)c1c(CN)oc2cc3c(cc12)OCO3. The molecule has 4 heteroatoms. The van der Waals surface area contributed by atoms with Gasteiger partial charge in [-0.3, -0.25) is 0 Å². The predicted octanol–water partition coefficient (Wildman–Crippen LogP) is 2.92. The topological polar surface area (TPSA) is 57.6 Å². The lowest BCUT2D eigenvalue weighted by atomic mass is 9.84. The van der Waals surface area contributed by atoms with Crippen molar-refractivity contribution < 1.29 is 13.9 Å². The molecule has 0 aliphatic carbocycles. The fourth-order valence-electron chi connectivity index (χ4n) is 2.50. The summed E-state index contributed by atoms with van der Waals surface area (Å²) in [4.78, 5) is 0. The van der Waals surface area contributed by atoms with Crippen LogP contribution in [0.3, 0.4) is 0 Å². The minimum atomic E-state index is -0.0202. The van der Waals surface area contributed by atoms with Gasteiger partial charge in [-0.1, -0.05) is 20.8 Å². The average Bonchev–Trinajstić information content (AvgIpc) is 2.86. The third kappa shape index (κ3) is 1.56. The normalized spacial score (nSPS) is 14.4. The summed E-state index contributed by atoms with van der Waals surface area (Å²) in [5, 5.41) is 1.06. The van der Waals surface area contributed by atoms with Crippen molar-refractivity contribution in [2.24, 2.45) is 5.73 Å². The van der Waals surface area contributed by atoms with Gasteiger partial charge in [-0.05, 0) is 11.5 Å². The standard InChI is InChI=1S/C14H17NO3/c1-14(2,3)13-8-4-10-11(17-7-16-10)5-9(8)18-12(13)6-15/h4-5H,6-7,15H2,1-3H3. The molecule has 1 aliphatic rings. The number of hydrogen-bond acceptors (Lipinski definition) is 4. The lowest BCUT2D eigenvalue weighted by Gasteiger charge is -2.18. The van der Waals surface area contributed by atoms with Crippen LogP contribution in [0.2, 0.25) is 0 Å². The predicted molar refractivity (Wildman–Crippen MR) is 68.9 cm³/mol. The van der Waals surface area contributed by atoms with Crippen molar-refractivity contribution in [1.82, 2.24) is 0 Å². The molecule has 0 saturated heterocycles. The van der Waals surface area contributed by atoms with E-state index in [2.05, 4.69) is 20.8 Å². The molecule has 3 rings (SSSR count). The first-order valence-electron chi connectivity index (χ1n) is 6.06. The Kier molecular flexibility index (Phi) is 2.32. The molecule has 0 atom stereocenters. The van der Waals surface area contributed by atoms with E-state index in [4.69, 9.17) is 19.6 Å². The number of benzene rings is 1. The van der Waals surface area contributed by atoms with Gasteiger partial charge in [0, 0.05) is 17.0 Å². The monoisotopic (exact) mass is 247 g/mol. The van der Waals surface area contributed by atoms with Gasteiger partial charge in [-0.2, -0.15) is 0 Å². The fraction of sp³-hybridized carbons (Fsp3) is 0.429. The van der Waals surface area contributed by atoms with Crippen LogP contribution in [-0.4, -0.2) is 6.79 Å². The number of nitrogens with two attached hydrogens (primary N) is 1. The van der Waals surface area contributed by atoms with Crippen LogP contribution >= 0.6 is 0 Å². The molecule has 2 heterocycles. The van der Waals surface area contributed by atoms with Crippen molar-refractivity contribution in [3.8, 4) is 11.5 Å². The van der Waals surface area contributed by atoms with Gasteiger partial charge in [0.05, 0.1) is 6.54 Å². The first-order valence-corrected chi connectivity index (χ1v) is 6.06. The van der Waals surface area contributed by atoms with E-state index in [1.54, 1.807) is 0 Å². The molecule has 0 bridgehead atoms. The van der Waals surface area contributed by atoms with E-state index in [9.17, 15) is 0 Å². The van der Waals surface area contributed by atoms with Crippen LogP contribution in [0.1, 0.15) is 32.1 Å². The lowest BCUT2D eigenvalue weighted by molar-refractivity contribution is 0.174. The van der Waals surface area contributed by atoms with Gasteiger partial charge in [-0.25, -0.2) is 0 Å². The summed E-state index contributed by atoms with van der Waals surface area (Å²) in [6.45, 7) is 7.13. The smallest absolute Gasteiger partial charge is 0.231 e. The summed E-state index contributed by atoms with van der Waals surface area (Å²) in [5.41, 5.74) is 7.72. The maximum atomic E-state index is 5.84. The summed E-state index contributed by atoms with van der Waals surface area (Å²) in [7, 11) is 0. The molecule has 0 spiro atoms. The zero-order chi connectivity index (χ0) is 12.9. The van der Waals surface area contributed by atoms with E-state index in [0.717, 1.165) is 33.8 Å². The molecule has 1 aromatic heterocycles. The first kappa shape index (κ1) is 11.4. The Labute approximate surface area is 106 Å². The van der Waals surface area contributed by atoms with Crippen molar-refractivity contribution >= 4 is 11.0 Å². The van der Waals surface area contributed by atoms with Gasteiger partial charge < -0.3 is 19.6 Å². The molecule has 2 aromatic rings. The number of rotatable bonds is 1. The molecular formula is C14H17NO3. The molecule has 96 valence electrons. The second-order valence-corrected chi connectivity index (χ2v) is 5.56. The van der Waals surface area contributed by atoms with Crippen LogP contribution in [0.25, 0.3) is 11.0 Å². The Hall–Kier alpha value is -1.68. The minimum absolute atomic E-state index is 0.0202. The van der Waals surface area contributed by atoms with Gasteiger partial charge in [-0.15, -0.1) is 0 Å². The van der Waals surface area contributed by atoms with Gasteiger partial charge in [0.15, 0.2) is 11.5 Å². The quantitative estimate of drug-likeness (QED) is 0.841. The Morgan fingerprint density at radius 2 is 1.83 bits per heavy atom. The second-order valence-electron chi connectivity index (χ2n) is 5.56. The molecular weight excluding hydrogens is 230 g/mol. The Balaban J connectivity index is 2.32. The molecule has 4 nitrogen and oxygen atoms in total. The maximum Gasteiger partial charge on any atom is 0.231 e. The summed E-state index contributed by atoms with van der Waals surface area (Å²) in [6.07, 6.45) is 0. The second kappa shape index (κ2) is 3.65. The van der Waals surface area contributed by atoms with E-state index >= 15 is 0 Å². The molecule has 18 heavy (non-hydrogen) atoms. The maximum absolute atomic E-state index is 5.84. The minimum Gasteiger partial charge on any atom is -0.459 e. The molecule has 0 radical (unpaired) electrons. The Morgan fingerprint density at radius 1 is 1.17 bits per heavy atom. The van der Waals surface area contributed by atoms with E-state index in [0.29, 0.717) is 6.54 Å². The third-order valence-electron chi connectivity index (χ3n) is 3.19. The van der Waals surface area contributed by atoms with E-state index in [-0.39, 0.29) is 12.2 Å². The number of ether oxygens (including phenoxy) is 2. The van der Waals surface area contributed by atoms with Crippen molar-refractivity contribution in [3.63, 3.8) is 0 Å². The molecule has 2 N–H and O–H groups in total. The fourth-order valence-corrected chi connectivity index (χ4v) is 2.50. The highest BCUT2D eigenvalue weighted by Crippen LogP contribution is 2.42. The number of furan rings is 1. The lowest BCUT2D eigenvalue weighted by Crippen LogP contribution is -2.14. The summed E-state index contributed by atoms with van der Waals surface area (Å²) in [5.74, 6) is 2.35. The van der Waals surface area contributed by atoms with E-state index < -0.39 is 0 Å². The highest BCUT2D eigenvalue weighted by atomic mass is 16.7. The highest BCUT2D eigenvalue weighted by Gasteiger charge is 2.27. The Morgan fingerprint density at radius 3 is 2.44 bits per heavy atom. The van der Waals surface area contributed by atoms with Gasteiger partial charge in [0.1, 0.15) is 11.3 Å². The highest BCUT2D eigenvalue weighted by molar-refractivity contribution is 5.87. The molecule has 0 amide bonds. The zero-order valence-corrected chi connectivity index (χ0v) is 10.9. The van der Waals surface area contributed by atoms with Gasteiger partial charge >= 0.3 is 0 Å². The van der Waals surface area contributed by atoms with Gasteiger partial charge in [0.25, 0.3) is 0 Å². The van der Waals surface area contributed by atoms with Crippen LogP contribution in [0.4, 0.5) is 0 Å². The summed E-state index contributed by atoms with van der Waals surface area (Å²) < 4.78 is 16.6. The van der Waals surface area contributed by atoms with Crippen LogP contribution in [0, 0.1) is 0 Å². The zero-order valence-electron chi connectivity index (χ0n) is 10.9. The third-order valence-corrected chi connectivity index (χ3v) is 3.19. The molecule has 0 unspecified atom stereocenters. The van der Waals surface area contributed by atoms with Crippen LogP contribution in [0.15, 0.2) is 16.5 Å². The Bertz CT molecular complexity index is 608. The number of hydrogen-bond donors (Lipinski definition) is 1. The van der Waals surface area contributed by atoms with E-state index in [1.165, 1.54) is 0 Å². The van der Waals surface area contributed by atoms with Crippen LogP contribution < -0.4 is 15.2 Å². The van der Waals surface area contributed by atoms with Gasteiger partial charge in [0.2, 0.25) is 6.79 Å². The van der Waals surface area contributed by atoms with Crippen LogP contribution in [0.5, 0.6) is 11.5 Å². The van der Waals surface area contributed by atoms with E-state index in [1.807, 2.05) is 12.1 Å². The van der Waals surface area contributed by atoms with Crippen molar-refractivity contribution in [3.05, 3.63) is 23.5 Å². The molecule has 1 aliphatic heterocycles. The number of fused-ring (bicyclic) bond motifs is 2. The molecule has 1 aromatic carbocycles.